The molecule has 0 radical (unpaired) electrons. The van der Waals surface area contributed by atoms with Crippen LogP contribution >= 0.6 is 9.24 Å². The van der Waals surface area contributed by atoms with Gasteiger partial charge in [0, 0.05) is 0 Å². The molecule has 0 aromatic heterocycles. The monoisotopic (exact) mass is 393 g/mol. The van der Waals surface area contributed by atoms with Gasteiger partial charge in [-0.25, -0.2) is 0 Å². The smallest absolute Gasteiger partial charge is 0.113 e. The van der Waals surface area contributed by atoms with Gasteiger partial charge in [-0.3, -0.25) is 0 Å². The van der Waals surface area contributed by atoms with E-state index in [0.29, 0.717) is 17.5 Å². The lowest BCUT2D eigenvalue weighted by molar-refractivity contribution is 0.0383. The van der Waals surface area contributed by atoms with Gasteiger partial charge >= 0.3 is 0 Å². The summed E-state index contributed by atoms with van der Waals surface area (Å²) in [5.41, 5.74) is 2.56. The summed E-state index contributed by atoms with van der Waals surface area (Å²) < 4.78 is 0. The van der Waals surface area contributed by atoms with E-state index in [1.807, 2.05) is 6.92 Å². The summed E-state index contributed by atoms with van der Waals surface area (Å²) in [6, 6.07) is -0.193. The Morgan fingerprint density at radius 1 is 1.26 bits per heavy atom. The second-order valence-electron chi connectivity index (χ2n) is 8.63. The van der Waals surface area contributed by atoms with Gasteiger partial charge in [0.05, 0.1) is 5.60 Å². The maximum absolute atomic E-state index is 11.1. The molecule has 1 aliphatic carbocycles. The molecule has 0 fully saturated rings. The van der Waals surface area contributed by atoms with Crippen LogP contribution in [0.15, 0.2) is 40.6 Å². The van der Waals surface area contributed by atoms with E-state index in [-0.39, 0.29) is 6.04 Å². The molecule has 0 saturated carbocycles. The predicted molar refractivity (Wildman–Crippen MR) is 121 cm³/mol. The lowest BCUT2D eigenvalue weighted by Crippen LogP contribution is -2.33. The number of nitrogens with zero attached hydrogens (tertiary/aromatic N) is 1. The molecule has 0 spiro atoms. The maximum atomic E-state index is 11.1. The molecule has 6 unspecified atom stereocenters. The van der Waals surface area contributed by atoms with Crippen LogP contribution in [0.1, 0.15) is 79.6 Å². The van der Waals surface area contributed by atoms with Crippen molar-refractivity contribution in [2.75, 3.05) is 0 Å². The first-order chi connectivity index (χ1) is 12.7. The van der Waals surface area contributed by atoms with E-state index in [1.54, 1.807) is 0 Å². The van der Waals surface area contributed by atoms with Crippen molar-refractivity contribution in [3.8, 4) is 0 Å². The average molecular weight is 394 g/mol. The Hall–Kier alpha value is -0.790. The first kappa shape index (κ1) is 24.2. The van der Waals surface area contributed by atoms with E-state index in [2.05, 4.69) is 66.4 Å². The van der Waals surface area contributed by atoms with Crippen LogP contribution in [0.2, 0.25) is 0 Å². The SMILES string of the molecule is C/C=C(\C)CCCC(C)(O)CCC/C=C/CC1=CC(N=O)C(C)C(C)C1P. The number of nitroso groups, excluding NO2 is 1. The summed E-state index contributed by atoms with van der Waals surface area (Å²) >= 11 is 0. The number of unbranched alkanes of at least 4 members (excludes halogenated alkanes) is 1. The molecular weight excluding hydrogens is 353 g/mol. The molecule has 3 nitrogen and oxygen atoms in total. The molecule has 27 heavy (non-hydrogen) atoms. The van der Waals surface area contributed by atoms with Crippen LogP contribution in [0.3, 0.4) is 0 Å². The van der Waals surface area contributed by atoms with Crippen molar-refractivity contribution in [3.63, 3.8) is 0 Å². The van der Waals surface area contributed by atoms with Gasteiger partial charge in [-0.15, -0.1) is 9.24 Å². The lowest BCUT2D eigenvalue weighted by atomic mass is 9.77. The largest absolute Gasteiger partial charge is 0.390 e. The molecule has 1 aliphatic rings. The molecule has 0 heterocycles. The fraction of sp³-hybridized carbons (Fsp3) is 0.739. The minimum absolute atomic E-state index is 0.193. The number of rotatable bonds is 11. The summed E-state index contributed by atoms with van der Waals surface area (Å²) in [6.07, 6.45) is 15.3. The van der Waals surface area contributed by atoms with Crippen molar-refractivity contribution in [1.82, 2.24) is 0 Å². The van der Waals surface area contributed by atoms with Crippen molar-refractivity contribution in [1.29, 1.82) is 0 Å². The minimum atomic E-state index is -0.562. The Kier molecular flexibility index (Phi) is 10.7. The maximum Gasteiger partial charge on any atom is 0.113 e. The Morgan fingerprint density at radius 2 is 1.93 bits per heavy atom. The first-order valence-electron chi connectivity index (χ1n) is 10.5. The lowest BCUT2D eigenvalue weighted by Gasteiger charge is -2.34. The quantitative estimate of drug-likeness (QED) is 0.186. The van der Waals surface area contributed by atoms with Gasteiger partial charge in [0.15, 0.2) is 0 Å². The van der Waals surface area contributed by atoms with E-state index in [4.69, 9.17) is 0 Å². The Morgan fingerprint density at radius 3 is 2.56 bits per heavy atom. The topological polar surface area (TPSA) is 49.7 Å². The molecule has 0 bridgehead atoms. The highest BCUT2D eigenvalue weighted by Crippen LogP contribution is 2.37. The average Bonchev–Trinajstić information content (AvgIpc) is 2.63. The van der Waals surface area contributed by atoms with Crippen molar-refractivity contribution >= 4 is 9.24 Å². The molecule has 0 amide bonds. The summed E-state index contributed by atoms with van der Waals surface area (Å²) in [4.78, 5) is 11.1. The minimum Gasteiger partial charge on any atom is -0.390 e. The molecule has 6 atom stereocenters. The molecule has 154 valence electrons. The van der Waals surface area contributed by atoms with E-state index < -0.39 is 5.60 Å². The fourth-order valence-corrected chi connectivity index (χ4v) is 4.34. The zero-order valence-corrected chi connectivity index (χ0v) is 19.1. The van der Waals surface area contributed by atoms with E-state index in [0.717, 1.165) is 44.9 Å². The van der Waals surface area contributed by atoms with Gasteiger partial charge < -0.3 is 5.11 Å². The third-order valence-electron chi connectivity index (χ3n) is 6.25. The molecule has 0 aromatic carbocycles. The summed E-state index contributed by atoms with van der Waals surface area (Å²) in [5, 5.41) is 13.8. The fourth-order valence-electron chi connectivity index (χ4n) is 3.74. The van der Waals surface area contributed by atoms with Crippen LogP contribution < -0.4 is 0 Å². The summed E-state index contributed by atoms with van der Waals surface area (Å²) in [6.45, 7) is 10.5. The van der Waals surface area contributed by atoms with Gasteiger partial charge in [-0.2, -0.15) is 4.91 Å². The predicted octanol–water partition coefficient (Wildman–Crippen LogP) is 6.58. The van der Waals surface area contributed by atoms with Crippen LogP contribution in [0.5, 0.6) is 0 Å². The zero-order valence-electron chi connectivity index (χ0n) is 17.9. The highest BCUT2D eigenvalue weighted by atomic mass is 31.0. The Labute approximate surface area is 169 Å². The van der Waals surface area contributed by atoms with Gasteiger partial charge in [-0.1, -0.05) is 54.5 Å². The van der Waals surface area contributed by atoms with Gasteiger partial charge in [-0.05, 0) is 83.2 Å². The van der Waals surface area contributed by atoms with Crippen LogP contribution in [0, 0.1) is 16.7 Å². The van der Waals surface area contributed by atoms with Gasteiger partial charge in [0.1, 0.15) is 6.04 Å². The van der Waals surface area contributed by atoms with Gasteiger partial charge in [0.2, 0.25) is 0 Å². The van der Waals surface area contributed by atoms with Crippen LogP contribution in [-0.2, 0) is 0 Å². The molecule has 0 saturated heterocycles. The van der Waals surface area contributed by atoms with Crippen molar-refractivity contribution in [2.24, 2.45) is 17.0 Å². The highest BCUT2D eigenvalue weighted by Gasteiger charge is 2.32. The van der Waals surface area contributed by atoms with Gasteiger partial charge in [0.25, 0.3) is 0 Å². The second kappa shape index (κ2) is 11.9. The highest BCUT2D eigenvalue weighted by molar-refractivity contribution is 7.18. The Balaban J connectivity index is 2.35. The molecule has 4 heteroatoms. The molecule has 1 rings (SSSR count). The third-order valence-corrected chi connectivity index (χ3v) is 7.29. The third kappa shape index (κ3) is 8.40. The van der Waals surface area contributed by atoms with Crippen molar-refractivity contribution in [3.05, 3.63) is 40.4 Å². The second-order valence-corrected chi connectivity index (χ2v) is 9.35. The van der Waals surface area contributed by atoms with Crippen LogP contribution in [0.25, 0.3) is 0 Å². The first-order valence-corrected chi connectivity index (χ1v) is 11.2. The molecular formula is C23H40NO2P. The van der Waals surface area contributed by atoms with Crippen LogP contribution in [-0.4, -0.2) is 22.4 Å². The van der Waals surface area contributed by atoms with E-state index >= 15 is 0 Å². The summed E-state index contributed by atoms with van der Waals surface area (Å²) in [7, 11) is 2.94. The number of hydrogen-bond donors (Lipinski definition) is 1. The molecule has 0 aromatic rings. The molecule has 0 aliphatic heterocycles. The van der Waals surface area contributed by atoms with Crippen molar-refractivity contribution < 1.29 is 5.11 Å². The number of aliphatic hydroxyl groups is 1. The Bertz CT molecular complexity index is 551. The molecule has 1 N–H and O–H groups in total. The summed E-state index contributed by atoms with van der Waals surface area (Å²) in [5.74, 6) is 0.754. The van der Waals surface area contributed by atoms with E-state index in [1.165, 1.54) is 11.1 Å². The van der Waals surface area contributed by atoms with Crippen molar-refractivity contribution in [2.45, 2.75) is 96.9 Å². The number of allylic oxidation sites excluding steroid dienone is 5. The standard InChI is InChI=1S/C23H40NO2P/c1-6-17(2)12-11-15-23(5,25)14-10-8-7-9-13-20-16-21(24-26)18(3)19(4)22(20)27/h6-7,9,16,18-19,21-22,25H,8,10-15,27H2,1-5H3/b9-7+,17-6+. The number of hydrogen-bond acceptors (Lipinski definition) is 3. The zero-order chi connectivity index (χ0) is 20.4. The normalized spacial score (nSPS) is 28.9. The van der Waals surface area contributed by atoms with Crippen LogP contribution in [0.4, 0.5) is 0 Å². The van der Waals surface area contributed by atoms with E-state index in [9.17, 15) is 10.0 Å².